The Labute approximate surface area is 211 Å². The van der Waals surface area contributed by atoms with Crippen LogP contribution in [0.4, 0.5) is 11.4 Å². The first kappa shape index (κ1) is 25.0. The summed E-state index contributed by atoms with van der Waals surface area (Å²) in [5.74, 6) is 0.925. The molecule has 8 heteroatoms. The lowest BCUT2D eigenvalue weighted by Crippen LogP contribution is -2.36. The predicted molar refractivity (Wildman–Crippen MR) is 143 cm³/mol. The van der Waals surface area contributed by atoms with Crippen molar-refractivity contribution in [3.05, 3.63) is 66.7 Å². The SMILES string of the molecule is C=CCn1c(SCC(=O)Nc2ccc(N3CCOCC3)cc2)nnc1-c1ccc(C(C)(C)C)cc1. The summed E-state index contributed by atoms with van der Waals surface area (Å²) in [6, 6.07) is 16.4. The number of aromatic nitrogens is 3. The predicted octanol–water partition coefficient (Wildman–Crippen LogP) is 5.00. The number of carbonyl (C=O) groups excluding carboxylic acids is 1. The summed E-state index contributed by atoms with van der Waals surface area (Å²) in [4.78, 5) is 14.9. The van der Waals surface area contributed by atoms with Crippen LogP contribution < -0.4 is 10.2 Å². The van der Waals surface area contributed by atoms with Crippen LogP contribution in [0.15, 0.2) is 66.3 Å². The van der Waals surface area contributed by atoms with Gasteiger partial charge in [0.2, 0.25) is 5.91 Å². The van der Waals surface area contributed by atoms with Gasteiger partial charge in [0.1, 0.15) is 0 Å². The van der Waals surface area contributed by atoms with E-state index in [-0.39, 0.29) is 17.1 Å². The number of allylic oxidation sites excluding steroid dienone is 1. The summed E-state index contributed by atoms with van der Waals surface area (Å²) in [5.41, 5.74) is 4.26. The summed E-state index contributed by atoms with van der Waals surface area (Å²) in [6.07, 6.45) is 1.82. The van der Waals surface area contributed by atoms with Gasteiger partial charge in [0, 0.05) is 36.6 Å². The van der Waals surface area contributed by atoms with Gasteiger partial charge in [0.15, 0.2) is 11.0 Å². The zero-order valence-electron chi connectivity index (χ0n) is 20.7. The molecule has 2 aromatic carbocycles. The minimum atomic E-state index is -0.0849. The van der Waals surface area contributed by atoms with Crippen molar-refractivity contribution in [2.75, 3.05) is 42.3 Å². The fraction of sp³-hybridized carbons (Fsp3) is 0.370. The molecule has 1 aliphatic rings. The average Bonchev–Trinajstić information content (AvgIpc) is 3.26. The monoisotopic (exact) mass is 491 g/mol. The Morgan fingerprint density at radius 2 is 1.77 bits per heavy atom. The van der Waals surface area contributed by atoms with Gasteiger partial charge in [-0.3, -0.25) is 9.36 Å². The zero-order valence-corrected chi connectivity index (χ0v) is 21.5. The summed E-state index contributed by atoms with van der Waals surface area (Å²) in [5, 5.41) is 12.4. The first-order chi connectivity index (χ1) is 16.8. The van der Waals surface area contributed by atoms with Gasteiger partial charge in [-0.05, 0) is 35.2 Å². The molecule has 1 saturated heterocycles. The molecule has 7 nitrogen and oxygen atoms in total. The van der Waals surface area contributed by atoms with Crippen molar-refractivity contribution >= 4 is 29.0 Å². The van der Waals surface area contributed by atoms with Gasteiger partial charge in [-0.1, -0.05) is 62.9 Å². The third-order valence-corrected chi connectivity index (χ3v) is 6.86. The third-order valence-electron chi connectivity index (χ3n) is 5.90. The molecule has 3 aromatic rings. The quantitative estimate of drug-likeness (QED) is 0.353. The fourth-order valence-electron chi connectivity index (χ4n) is 3.93. The van der Waals surface area contributed by atoms with E-state index >= 15 is 0 Å². The average molecular weight is 492 g/mol. The molecule has 0 saturated carbocycles. The number of thioether (sulfide) groups is 1. The summed E-state index contributed by atoms with van der Waals surface area (Å²) < 4.78 is 7.40. The maximum Gasteiger partial charge on any atom is 0.234 e. The first-order valence-electron chi connectivity index (χ1n) is 11.9. The van der Waals surface area contributed by atoms with E-state index in [1.54, 1.807) is 0 Å². The minimum absolute atomic E-state index is 0.0849. The van der Waals surface area contributed by atoms with Gasteiger partial charge in [-0.2, -0.15) is 0 Å². The maximum absolute atomic E-state index is 12.6. The van der Waals surface area contributed by atoms with E-state index in [9.17, 15) is 4.79 Å². The number of hydrogen-bond donors (Lipinski definition) is 1. The molecule has 1 fully saturated rings. The van der Waals surface area contributed by atoms with Crippen LogP contribution in [0.25, 0.3) is 11.4 Å². The highest BCUT2D eigenvalue weighted by Crippen LogP contribution is 2.28. The number of amides is 1. The van der Waals surface area contributed by atoms with E-state index in [0.717, 1.165) is 49.1 Å². The molecule has 0 bridgehead atoms. The van der Waals surface area contributed by atoms with Crippen LogP contribution in [0.2, 0.25) is 0 Å². The second-order valence-corrected chi connectivity index (χ2v) is 10.5. The van der Waals surface area contributed by atoms with Crippen molar-refractivity contribution in [2.45, 2.75) is 37.9 Å². The number of carbonyl (C=O) groups is 1. The second kappa shape index (κ2) is 11.1. The Morgan fingerprint density at radius 1 is 1.09 bits per heavy atom. The molecule has 4 rings (SSSR count). The van der Waals surface area contributed by atoms with Gasteiger partial charge in [0.25, 0.3) is 0 Å². The summed E-state index contributed by atoms with van der Waals surface area (Å²) in [7, 11) is 0. The van der Waals surface area contributed by atoms with E-state index < -0.39 is 0 Å². The van der Waals surface area contributed by atoms with Crippen LogP contribution in [0.1, 0.15) is 26.3 Å². The standard InChI is InChI=1S/C27H33N5O2S/c1-5-14-32-25(20-6-8-21(9-7-20)27(2,3)4)29-30-26(32)35-19-24(33)28-22-10-12-23(13-11-22)31-15-17-34-18-16-31/h5-13H,1,14-19H2,2-4H3,(H,28,33). The van der Waals surface area contributed by atoms with E-state index in [1.165, 1.54) is 17.3 Å². The van der Waals surface area contributed by atoms with Crippen molar-refractivity contribution < 1.29 is 9.53 Å². The number of hydrogen-bond acceptors (Lipinski definition) is 6. The number of nitrogens with zero attached hydrogens (tertiary/aromatic N) is 4. The van der Waals surface area contributed by atoms with Gasteiger partial charge < -0.3 is 15.0 Å². The Hall–Kier alpha value is -3.10. The number of morpholine rings is 1. The second-order valence-electron chi connectivity index (χ2n) is 9.52. The zero-order chi connectivity index (χ0) is 24.8. The molecular formula is C27H33N5O2S. The van der Waals surface area contributed by atoms with Crippen molar-refractivity contribution in [2.24, 2.45) is 0 Å². The van der Waals surface area contributed by atoms with Gasteiger partial charge in [-0.25, -0.2) is 0 Å². The van der Waals surface area contributed by atoms with Crippen LogP contribution in [-0.4, -0.2) is 52.7 Å². The lowest BCUT2D eigenvalue weighted by Gasteiger charge is -2.28. The molecule has 0 unspecified atom stereocenters. The molecule has 1 amide bonds. The summed E-state index contributed by atoms with van der Waals surface area (Å²) >= 11 is 1.37. The largest absolute Gasteiger partial charge is 0.378 e. The smallest absolute Gasteiger partial charge is 0.234 e. The lowest BCUT2D eigenvalue weighted by molar-refractivity contribution is -0.113. The van der Waals surface area contributed by atoms with Crippen molar-refractivity contribution in [3.8, 4) is 11.4 Å². The van der Waals surface area contributed by atoms with Gasteiger partial charge >= 0.3 is 0 Å². The Balaban J connectivity index is 1.39. The van der Waals surface area contributed by atoms with Crippen LogP contribution in [0, 0.1) is 0 Å². The number of anilines is 2. The first-order valence-corrected chi connectivity index (χ1v) is 12.8. The fourth-order valence-corrected chi connectivity index (χ4v) is 4.67. The van der Waals surface area contributed by atoms with Crippen LogP contribution in [-0.2, 0) is 21.5 Å². The Bertz CT molecular complexity index is 1140. The van der Waals surface area contributed by atoms with Crippen molar-refractivity contribution in [1.29, 1.82) is 0 Å². The molecule has 35 heavy (non-hydrogen) atoms. The Kier molecular flexibility index (Phi) is 7.93. The Morgan fingerprint density at radius 3 is 2.40 bits per heavy atom. The van der Waals surface area contributed by atoms with E-state index in [1.807, 2.05) is 34.9 Å². The molecule has 0 atom stereocenters. The molecule has 0 radical (unpaired) electrons. The van der Waals surface area contributed by atoms with Crippen LogP contribution >= 0.6 is 11.8 Å². The molecule has 1 aliphatic heterocycles. The molecule has 1 N–H and O–H groups in total. The van der Waals surface area contributed by atoms with Crippen LogP contribution in [0.5, 0.6) is 0 Å². The minimum Gasteiger partial charge on any atom is -0.378 e. The van der Waals surface area contributed by atoms with E-state index in [2.05, 4.69) is 72.0 Å². The van der Waals surface area contributed by atoms with E-state index in [4.69, 9.17) is 4.74 Å². The molecule has 0 aliphatic carbocycles. The van der Waals surface area contributed by atoms with Crippen LogP contribution in [0.3, 0.4) is 0 Å². The number of nitrogens with one attached hydrogen (secondary N) is 1. The highest BCUT2D eigenvalue weighted by molar-refractivity contribution is 7.99. The normalized spacial score (nSPS) is 14.1. The molecule has 1 aromatic heterocycles. The van der Waals surface area contributed by atoms with Crippen molar-refractivity contribution in [1.82, 2.24) is 14.8 Å². The van der Waals surface area contributed by atoms with Crippen molar-refractivity contribution in [3.63, 3.8) is 0 Å². The molecular weight excluding hydrogens is 458 g/mol. The topological polar surface area (TPSA) is 72.3 Å². The molecule has 184 valence electrons. The number of ether oxygens (including phenoxy) is 1. The lowest BCUT2D eigenvalue weighted by atomic mass is 9.87. The molecule has 2 heterocycles. The van der Waals surface area contributed by atoms with Gasteiger partial charge in [0.05, 0.1) is 19.0 Å². The highest BCUT2D eigenvalue weighted by Gasteiger charge is 2.18. The summed E-state index contributed by atoms with van der Waals surface area (Å²) in [6.45, 7) is 14.3. The molecule has 0 spiro atoms. The number of benzene rings is 2. The highest BCUT2D eigenvalue weighted by atomic mass is 32.2. The van der Waals surface area contributed by atoms with E-state index in [0.29, 0.717) is 11.7 Å². The third kappa shape index (κ3) is 6.32. The number of rotatable bonds is 8. The maximum atomic E-state index is 12.6. The van der Waals surface area contributed by atoms with Gasteiger partial charge in [-0.15, -0.1) is 16.8 Å².